The second kappa shape index (κ2) is 5.81. The zero-order chi connectivity index (χ0) is 13.8. The summed E-state index contributed by atoms with van der Waals surface area (Å²) in [6, 6.07) is 3.89. The molecule has 0 spiro atoms. The molecule has 0 unspecified atom stereocenters. The first kappa shape index (κ1) is 14.4. The van der Waals surface area contributed by atoms with Gasteiger partial charge in [0.2, 0.25) is 0 Å². The number of nitrogens with zero attached hydrogens (tertiary/aromatic N) is 1. The molecule has 0 aliphatic heterocycles. The molecular weight excluding hydrogens is 256 g/mol. The van der Waals surface area contributed by atoms with Gasteiger partial charge in [0.15, 0.2) is 9.84 Å². The maximum Gasteiger partial charge on any atom is 0.293 e. The lowest BCUT2D eigenvalue weighted by atomic mass is 10.2. The molecule has 0 saturated heterocycles. The Morgan fingerprint density at radius 1 is 1.39 bits per heavy atom. The second-order valence-electron chi connectivity index (χ2n) is 3.99. The number of hydrogen-bond donors (Lipinski definition) is 1. The first-order chi connectivity index (χ1) is 8.36. The fraction of sp³-hybridized carbons (Fsp3) is 0.455. The van der Waals surface area contributed by atoms with Gasteiger partial charge in [-0.25, -0.2) is 8.42 Å². The van der Waals surface area contributed by atoms with Crippen molar-refractivity contribution in [1.82, 2.24) is 0 Å². The van der Waals surface area contributed by atoms with Crippen LogP contribution in [0.3, 0.4) is 0 Å². The van der Waals surface area contributed by atoms with Gasteiger partial charge >= 0.3 is 0 Å². The van der Waals surface area contributed by atoms with Crippen LogP contribution in [0.25, 0.3) is 0 Å². The fourth-order valence-corrected chi connectivity index (χ4v) is 2.08. The summed E-state index contributed by atoms with van der Waals surface area (Å²) in [5.74, 6) is 0. The molecular formula is C11H16N2O4S. The highest BCUT2D eigenvalue weighted by atomic mass is 32.2. The zero-order valence-corrected chi connectivity index (χ0v) is 11.2. The lowest BCUT2D eigenvalue weighted by molar-refractivity contribution is -0.384. The van der Waals surface area contributed by atoms with Crippen LogP contribution in [0.1, 0.15) is 19.8 Å². The third-order valence-electron chi connectivity index (χ3n) is 2.44. The molecule has 0 radical (unpaired) electrons. The van der Waals surface area contributed by atoms with Gasteiger partial charge in [-0.3, -0.25) is 10.1 Å². The van der Waals surface area contributed by atoms with Gasteiger partial charge in [0.05, 0.1) is 9.82 Å². The molecule has 1 aromatic rings. The molecule has 0 fully saturated rings. The Balaban J connectivity index is 3.09. The van der Waals surface area contributed by atoms with Crippen LogP contribution in [0.4, 0.5) is 11.4 Å². The van der Waals surface area contributed by atoms with Crippen molar-refractivity contribution in [3.05, 3.63) is 28.3 Å². The van der Waals surface area contributed by atoms with Crippen molar-refractivity contribution in [2.75, 3.05) is 18.1 Å². The Labute approximate surface area is 106 Å². The van der Waals surface area contributed by atoms with Crippen molar-refractivity contribution in [3.8, 4) is 0 Å². The van der Waals surface area contributed by atoms with E-state index >= 15 is 0 Å². The maximum absolute atomic E-state index is 11.3. The summed E-state index contributed by atoms with van der Waals surface area (Å²) in [6.45, 7) is 2.64. The molecule has 0 saturated carbocycles. The van der Waals surface area contributed by atoms with E-state index in [1.54, 1.807) is 0 Å². The van der Waals surface area contributed by atoms with Crippen molar-refractivity contribution in [2.45, 2.75) is 24.7 Å². The van der Waals surface area contributed by atoms with Crippen LogP contribution < -0.4 is 5.32 Å². The van der Waals surface area contributed by atoms with Gasteiger partial charge in [0, 0.05) is 18.9 Å². The molecule has 0 aliphatic carbocycles. The molecule has 0 bridgehead atoms. The number of unbranched alkanes of at least 4 members (excludes halogenated alkanes) is 1. The lowest BCUT2D eigenvalue weighted by Gasteiger charge is -2.07. The van der Waals surface area contributed by atoms with E-state index in [1.807, 2.05) is 6.92 Å². The van der Waals surface area contributed by atoms with Crippen LogP contribution in [0.2, 0.25) is 0 Å². The summed E-state index contributed by atoms with van der Waals surface area (Å²) in [6.07, 6.45) is 2.89. The van der Waals surface area contributed by atoms with Crippen LogP contribution >= 0.6 is 0 Å². The number of benzene rings is 1. The van der Waals surface area contributed by atoms with Crippen LogP contribution in [0, 0.1) is 10.1 Å². The van der Waals surface area contributed by atoms with Crippen LogP contribution in [0.15, 0.2) is 23.1 Å². The molecule has 100 valence electrons. The van der Waals surface area contributed by atoms with Crippen molar-refractivity contribution in [3.63, 3.8) is 0 Å². The summed E-state index contributed by atoms with van der Waals surface area (Å²) in [5, 5.41) is 13.8. The normalized spacial score (nSPS) is 11.2. The Hall–Kier alpha value is -1.63. The molecule has 6 nitrogen and oxygen atoms in total. The standard InChI is InChI=1S/C11H16N2O4S/c1-3-4-7-12-10-6-5-9(18(2,16)17)8-11(10)13(14)15/h5-6,8,12H,3-4,7H2,1-2H3. The largest absolute Gasteiger partial charge is 0.379 e. The maximum atomic E-state index is 11.3. The Morgan fingerprint density at radius 2 is 2.06 bits per heavy atom. The number of sulfone groups is 1. The van der Waals surface area contributed by atoms with E-state index in [-0.39, 0.29) is 10.6 Å². The Bertz CT molecular complexity index is 540. The number of nitro groups is 1. The summed E-state index contributed by atoms with van der Waals surface area (Å²) in [4.78, 5) is 10.3. The molecule has 0 heterocycles. The highest BCUT2D eigenvalue weighted by Gasteiger charge is 2.18. The van der Waals surface area contributed by atoms with Gasteiger partial charge in [0.25, 0.3) is 5.69 Å². The molecule has 1 N–H and O–H groups in total. The van der Waals surface area contributed by atoms with Crippen molar-refractivity contribution >= 4 is 21.2 Å². The van der Waals surface area contributed by atoms with E-state index < -0.39 is 14.8 Å². The highest BCUT2D eigenvalue weighted by Crippen LogP contribution is 2.27. The van der Waals surface area contributed by atoms with Gasteiger partial charge in [-0.1, -0.05) is 13.3 Å². The van der Waals surface area contributed by atoms with E-state index in [0.29, 0.717) is 12.2 Å². The van der Waals surface area contributed by atoms with Crippen LogP contribution in [-0.4, -0.2) is 26.1 Å². The minimum atomic E-state index is -3.43. The van der Waals surface area contributed by atoms with Crippen molar-refractivity contribution < 1.29 is 13.3 Å². The molecule has 0 aliphatic rings. The number of nitrogens with one attached hydrogen (secondary N) is 1. The van der Waals surface area contributed by atoms with Crippen molar-refractivity contribution in [2.24, 2.45) is 0 Å². The Kier molecular flexibility index (Phi) is 4.66. The van der Waals surface area contributed by atoms with Crippen molar-refractivity contribution in [1.29, 1.82) is 0 Å². The molecule has 18 heavy (non-hydrogen) atoms. The van der Waals surface area contributed by atoms with Crippen LogP contribution in [0.5, 0.6) is 0 Å². The smallest absolute Gasteiger partial charge is 0.293 e. The third kappa shape index (κ3) is 3.69. The molecule has 1 aromatic carbocycles. The lowest BCUT2D eigenvalue weighted by Crippen LogP contribution is -2.05. The second-order valence-corrected chi connectivity index (χ2v) is 6.00. The van der Waals surface area contributed by atoms with E-state index in [0.717, 1.165) is 25.2 Å². The molecule has 0 aromatic heterocycles. The third-order valence-corrected chi connectivity index (χ3v) is 3.55. The van der Waals surface area contributed by atoms with E-state index in [2.05, 4.69) is 5.32 Å². The fourth-order valence-electron chi connectivity index (χ4n) is 1.44. The summed E-state index contributed by atoms with van der Waals surface area (Å²) < 4.78 is 22.7. The first-order valence-electron chi connectivity index (χ1n) is 5.58. The quantitative estimate of drug-likeness (QED) is 0.487. The molecule has 7 heteroatoms. The summed E-state index contributed by atoms with van der Waals surface area (Å²) in [5.41, 5.74) is 0.134. The van der Waals surface area contributed by atoms with E-state index in [9.17, 15) is 18.5 Å². The minimum absolute atomic E-state index is 0.0461. The molecule has 1 rings (SSSR count). The minimum Gasteiger partial charge on any atom is -0.379 e. The van der Waals surface area contributed by atoms with Gasteiger partial charge < -0.3 is 5.32 Å². The first-order valence-corrected chi connectivity index (χ1v) is 7.47. The molecule has 0 atom stereocenters. The van der Waals surface area contributed by atoms with Gasteiger partial charge in [0.1, 0.15) is 5.69 Å². The summed E-state index contributed by atoms with van der Waals surface area (Å²) >= 11 is 0. The van der Waals surface area contributed by atoms with Gasteiger partial charge in [-0.2, -0.15) is 0 Å². The predicted octanol–water partition coefficient (Wildman–Crippen LogP) is 2.21. The number of anilines is 1. The monoisotopic (exact) mass is 272 g/mol. The SMILES string of the molecule is CCCCNc1ccc(S(C)(=O)=O)cc1[N+](=O)[O-]. The van der Waals surface area contributed by atoms with Gasteiger partial charge in [-0.15, -0.1) is 0 Å². The van der Waals surface area contributed by atoms with E-state index in [4.69, 9.17) is 0 Å². The molecule has 0 amide bonds. The average molecular weight is 272 g/mol. The summed E-state index contributed by atoms with van der Waals surface area (Å²) in [7, 11) is -3.43. The Morgan fingerprint density at radius 3 is 2.56 bits per heavy atom. The zero-order valence-electron chi connectivity index (χ0n) is 10.3. The number of rotatable bonds is 6. The highest BCUT2D eigenvalue weighted by molar-refractivity contribution is 7.90. The predicted molar refractivity (Wildman–Crippen MR) is 69.6 cm³/mol. The van der Waals surface area contributed by atoms with Crippen LogP contribution in [-0.2, 0) is 9.84 Å². The average Bonchev–Trinajstić information content (AvgIpc) is 2.28. The number of nitro benzene ring substituents is 1. The topological polar surface area (TPSA) is 89.3 Å². The van der Waals surface area contributed by atoms with E-state index in [1.165, 1.54) is 12.1 Å². The van der Waals surface area contributed by atoms with Gasteiger partial charge in [-0.05, 0) is 18.6 Å². The number of hydrogen-bond acceptors (Lipinski definition) is 5.